The molecule has 1 aliphatic rings. The summed E-state index contributed by atoms with van der Waals surface area (Å²) < 4.78 is 5.93. The molecular formula is C23H27NO4. The second kappa shape index (κ2) is 8.15. The average Bonchev–Trinajstić information content (AvgIpc) is 2.68. The van der Waals surface area contributed by atoms with Crippen LogP contribution in [0.3, 0.4) is 0 Å². The minimum absolute atomic E-state index is 0.0185. The van der Waals surface area contributed by atoms with Gasteiger partial charge in [-0.3, -0.25) is 4.79 Å². The van der Waals surface area contributed by atoms with Crippen molar-refractivity contribution in [3.63, 3.8) is 0 Å². The number of amides is 1. The zero-order chi connectivity index (χ0) is 20.2. The van der Waals surface area contributed by atoms with Gasteiger partial charge in [-0.1, -0.05) is 42.5 Å². The average molecular weight is 381 g/mol. The highest BCUT2D eigenvalue weighted by atomic mass is 16.5. The summed E-state index contributed by atoms with van der Waals surface area (Å²) in [5.74, 6) is -1.45. The molecule has 5 nitrogen and oxygen atoms in total. The summed E-state index contributed by atoms with van der Waals surface area (Å²) in [5, 5.41) is 12.2. The molecule has 1 aliphatic heterocycles. The number of rotatable bonds is 6. The molecular weight excluding hydrogens is 354 g/mol. The van der Waals surface area contributed by atoms with Crippen molar-refractivity contribution in [2.45, 2.75) is 44.1 Å². The van der Waals surface area contributed by atoms with E-state index in [1.54, 1.807) is 18.2 Å². The molecule has 0 spiro atoms. The van der Waals surface area contributed by atoms with Crippen LogP contribution in [0.1, 0.15) is 59.4 Å². The summed E-state index contributed by atoms with van der Waals surface area (Å²) in [7, 11) is 0. The fraction of sp³-hybridized carbons (Fsp3) is 0.391. The molecule has 1 unspecified atom stereocenters. The maximum atomic E-state index is 12.6. The van der Waals surface area contributed by atoms with E-state index < -0.39 is 5.97 Å². The predicted molar refractivity (Wildman–Crippen MR) is 108 cm³/mol. The molecule has 28 heavy (non-hydrogen) atoms. The normalized spacial score (nSPS) is 21.1. The highest BCUT2D eigenvalue weighted by Gasteiger charge is 2.41. The second-order valence-electron chi connectivity index (χ2n) is 8.04. The topological polar surface area (TPSA) is 75.6 Å². The van der Waals surface area contributed by atoms with Gasteiger partial charge in [0.25, 0.3) is 5.91 Å². The van der Waals surface area contributed by atoms with Crippen LogP contribution >= 0.6 is 0 Å². The molecule has 1 amide bonds. The highest BCUT2D eigenvalue weighted by molar-refractivity contribution is 6.04. The maximum absolute atomic E-state index is 12.6. The van der Waals surface area contributed by atoms with Gasteiger partial charge in [0.2, 0.25) is 0 Å². The van der Waals surface area contributed by atoms with Gasteiger partial charge < -0.3 is 15.2 Å². The van der Waals surface area contributed by atoms with Crippen molar-refractivity contribution in [3.8, 4) is 0 Å². The Balaban J connectivity index is 1.75. The number of carboxylic acid groups (broad SMARTS) is 1. The van der Waals surface area contributed by atoms with E-state index in [0.29, 0.717) is 13.2 Å². The standard InChI is InChI=1S/C23H27NO4/c1-22(2)16-23(13-15-28-22,17-8-4-3-5-9-17)12-14-24-20(25)18-10-6-7-11-19(18)21(26)27/h3-11H,12-16H2,1-2H3,(H,24,25)(H,26,27). The molecule has 2 aromatic rings. The van der Waals surface area contributed by atoms with Crippen LogP contribution in [0, 0.1) is 0 Å². The van der Waals surface area contributed by atoms with E-state index in [-0.39, 0.29) is 28.1 Å². The quantitative estimate of drug-likeness (QED) is 0.792. The van der Waals surface area contributed by atoms with E-state index in [1.807, 2.05) is 18.2 Å². The Morgan fingerprint density at radius 2 is 1.68 bits per heavy atom. The van der Waals surface area contributed by atoms with Gasteiger partial charge in [-0.15, -0.1) is 0 Å². The van der Waals surface area contributed by atoms with Gasteiger partial charge >= 0.3 is 5.97 Å². The summed E-state index contributed by atoms with van der Waals surface area (Å²) >= 11 is 0. The lowest BCUT2D eigenvalue weighted by molar-refractivity contribution is -0.0838. The molecule has 1 fully saturated rings. The SMILES string of the molecule is CC1(C)CC(CCNC(=O)c2ccccc2C(=O)O)(c2ccccc2)CCO1. The van der Waals surface area contributed by atoms with Crippen LogP contribution in [0.25, 0.3) is 0 Å². The number of carboxylic acids is 1. The Morgan fingerprint density at radius 3 is 2.32 bits per heavy atom. The highest BCUT2D eigenvalue weighted by Crippen LogP contribution is 2.43. The van der Waals surface area contributed by atoms with E-state index in [9.17, 15) is 14.7 Å². The summed E-state index contributed by atoms with van der Waals surface area (Å²) in [6.07, 6.45) is 2.53. The Hall–Kier alpha value is -2.66. The second-order valence-corrected chi connectivity index (χ2v) is 8.04. The van der Waals surface area contributed by atoms with Crippen LogP contribution in [0.5, 0.6) is 0 Å². The van der Waals surface area contributed by atoms with Crippen molar-refractivity contribution < 1.29 is 19.4 Å². The van der Waals surface area contributed by atoms with Crippen LogP contribution < -0.4 is 5.32 Å². The molecule has 1 heterocycles. The minimum Gasteiger partial charge on any atom is -0.478 e. The van der Waals surface area contributed by atoms with Crippen LogP contribution in [0.15, 0.2) is 54.6 Å². The molecule has 0 saturated carbocycles. The number of benzene rings is 2. The van der Waals surface area contributed by atoms with Gasteiger partial charge in [0.1, 0.15) is 0 Å². The zero-order valence-electron chi connectivity index (χ0n) is 16.4. The number of nitrogens with one attached hydrogen (secondary N) is 1. The van der Waals surface area contributed by atoms with Gasteiger partial charge in [-0.05, 0) is 50.8 Å². The first-order chi connectivity index (χ1) is 13.3. The summed E-state index contributed by atoms with van der Waals surface area (Å²) in [6, 6.07) is 16.7. The summed E-state index contributed by atoms with van der Waals surface area (Å²) in [6.45, 7) is 5.35. The largest absolute Gasteiger partial charge is 0.478 e. The molecule has 2 aromatic carbocycles. The lowest BCUT2D eigenvalue weighted by Crippen LogP contribution is -2.45. The van der Waals surface area contributed by atoms with Crippen molar-refractivity contribution in [2.75, 3.05) is 13.2 Å². The monoisotopic (exact) mass is 381 g/mol. The van der Waals surface area contributed by atoms with Gasteiger partial charge in [0, 0.05) is 18.6 Å². The molecule has 2 N–H and O–H groups in total. The minimum atomic E-state index is -1.10. The van der Waals surface area contributed by atoms with Crippen molar-refractivity contribution in [1.29, 1.82) is 0 Å². The van der Waals surface area contributed by atoms with E-state index in [1.165, 1.54) is 11.6 Å². The number of carbonyl (C=O) groups is 2. The fourth-order valence-electron chi connectivity index (χ4n) is 4.25. The Kier molecular flexibility index (Phi) is 5.84. The molecule has 3 rings (SSSR count). The molecule has 148 valence electrons. The fourth-order valence-corrected chi connectivity index (χ4v) is 4.25. The van der Waals surface area contributed by atoms with Crippen molar-refractivity contribution in [3.05, 3.63) is 71.3 Å². The lowest BCUT2D eigenvalue weighted by atomic mass is 9.67. The maximum Gasteiger partial charge on any atom is 0.336 e. The third kappa shape index (κ3) is 4.42. The Bertz CT molecular complexity index is 847. The molecule has 0 radical (unpaired) electrons. The third-order valence-electron chi connectivity index (χ3n) is 5.51. The van der Waals surface area contributed by atoms with Gasteiger partial charge in [0.05, 0.1) is 16.7 Å². The van der Waals surface area contributed by atoms with Crippen molar-refractivity contribution in [2.24, 2.45) is 0 Å². The van der Waals surface area contributed by atoms with Gasteiger partial charge in [-0.25, -0.2) is 4.79 Å². The molecule has 1 atom stereocenters. The molecule has 0 aromatic heterocycles. The first-order valence-electron chi connectivity index (χ1n) is 9.63. The number of hydrogen-bond donors (Lipinski definition) is 2. The number of ether oxygens (including phenoxy) is 1. The van der Waals surface area contributed by atoms with Crippen LogP contribution in [0.4, 0.5) is 0 Å². The molecule has 0 aliphatic carbocycles. The number of hydrogen-bond acceptors (Lipinski definition) is 3. The smallest absolute Gasteiger partial charge is 0.336 e. The number of carbonyl (C=O) groups excluding carboxylic acids is 1. The van der Waals surface area contributed by atoms with Crippen LogP contribution in [0.2, 0.25) is 0 Å². The summed E-state index contributed by atoms with van der Waals surface area (Å²) in [4.78, 5) is 23.9. The lowest BCUT2D eigenvalue weighted by Gasteiger charge is -2.45. The molecule has 0 bridgehead atoms. The van der Waals surface area contributed by atoms with E-state index >= 15 is 0 Å². The molecule has 5 heteroatoms. The molecule has 1 saturated heterocycles. The third-order valence-corrected chi connectivity index (χ3v) is 5.51. The Labute approximate surface area is 165 Å². The first kappa shape index (κ1) is 20.1. The van der Waals surface area contributed by atoms with Gasteiger partial charge in [-0.2, -0.15) is 0 Å². The van der Waals surface area contributed by atoms with Crippen LogP contribution in [-0.4, -0.2) is 35.7 Å². The first-order valence-corrected chi connectivity index (χ1v) is 9.63. The predicted octanol–water partition coefficient (Wildman–Crippen LogP) is 4.03. The van der Waals surface area contributed by atoms with Crippen LogP contribution in [-0.2, 0) is 10.2 Å². The van der Waals surface area contributed by atoms with E-state index in [4.69, 9.17) is 4.74 Å². The Morgan fingerprint density at radius 1 is 1.04 bits per heavy atom. The van der Waals surface area contributed by atoms with Gasteiger partial charge in [0.15, 0.2) is 0 Å². The van der Waals surface area contributed by atoms with Crippen molar-refractivity contribution in [1.82, 2.24) is 5.32 Å². The zero-order valence-corrected chi connectivity index (χ0v) is 16.4. The van der Waals surface area contributed by atoms with E-state index in [2.05, 4.69) is 31.3 Å². The number of aromatic carboxylic acids is 1. The summed E-state index contributed by atoms with van der Waals surface area (Å²) in [5.41, 5.74) is 1.16. The van der Waals surface area contributed by atoms with E-state index in [0.717, 1.165) is 19.3 Å². The van der Waals surface area contributed by atoms with Crippen molar-refractivity contribution >= 4 is 11.9 Å².